The van der Waals surface area contributed by atoms with Gasteiger partial charge in [-0.3, -0.25) is 4.98 Å². The van der Waals surface area contributed by atoms with Crippen molar-refractivity contribution in [3.63, 3.8) is 0 Å². The van der Waals surface area contributed by atoms with E-state index in [1.165, 1.54) is 11.6 Å². The van der Waals surface area contributed by atoms with E-state index in [-0.39, 0.29) is 5.82 Å². The number of rotatable bonds is 6. The van der Waals surface area contributed by atoms with Crippen LogP contribution in [-0.2, 0) is 12.8 Å². The Balaban J connectivity index is 2.07. The summed E-state index contributed by atoms with van der Waals surface area (Å²) in [6, 6.07) is 8.92. The van der Waals surface area contributed by atoms with Crippen molar-refractivity contribution in [1.29, 1.82) is 0 Å². The standard InChI is InChI=1S/C16H18BrFN2/c1-19-9-13(5-12-3-2-4-16(18)8-12)6-14-7-15(17)11-20-10-14/h2-4,7-8,10-11,13,19H,5-6,9H2,1H3. The van der Waals surface area contributed by atoms with Crippen molar-refractivity contribution < 1.29 is 4.39 Å². The maximum Gasteiger partial charge on any atom is 0.123 e. The third-order valence-electron chi connectivity index (χ3n) is 3.19. The van der Waals surface area contributed by atoms with E-state index in [0.717, 1.165) is 29.4 Å². The predicted octanol–water partition coefficient (Wildman–Crippen LogP) is 3.60. The highest BCUT2D eigenvalue weighted by atomic mass is 79.9. The van der Waals surface area contributed by atoms with Gasteiger partial charge in [0.1, 0.15) is 5.82 Å². The smallest absolute Gasteiger partial charge is 0.123 e. The lowest BCUT2D eigenvalue weighted by molar-refractivity contribution is 0.491. The molecule has 0 radical (unpaired) electrons. The van der Waals surface area contributed by atoms with Gasteiger partial charge in [-0.15, -0.1) is 0 Å². The van der Waals surface area contributed by atoms with Crippen molar-refractivity contribution in [3.8, 4) is 0 Å². The SMILES string of the molecule is CNCC(Cc1cccc(F)c1)Cc1cncc(Br)c1. The molecule has 20 heavy (non-hydrogen) atoms. The molecule has 1 atom stereocenters. The van der Waals surface area contributed by atoms with E-state index >= 15 is 0 Å². The van der Waals surface area contributed by atoms with Gasteiger partial charge >= 0.3 is 0 Å². The average molecular weight is 337 g/mol. The molecule has 0 saturated heterocycles. The first kappa shape index (κ1) is 15.1. The van der Waals surface area contributed by atoms with Crippen molar-refractivity contribution in [2.75, 3.05) is 13.6 Å². The summed E-state index contributed by atoms with van der Waals surface area (Å²) < 4.78 is 14.2. The van der Waals surface area contributed by atoms with Gasteiger partial charge in [-0.05, 0) is 77.6 Å². The molecular weight excluding hydrogens is 319 g/mol. The van der Waals surface area contributed by atoms with Crippen LogP contribution >= 0.6 is 15.9 Å². The summed E-state index contributed by atoms with van der Waals surface area (Å²) in [4.78, 5) is 4.19. The molecule has 1 aromatic carbocycles. The highest BCUT2D eigenvalue weighted by Crippen LogP contribution is 2.17. The Morgan fingerprint density at radius 1 is 1.20 bits per heavy atom. The first-order chi connectivity index (χ1) is 9.67. The maximum atomic E-state index is 13.3. The lowest BCUT2D eigenvalue weighted by Crippen LogP contribution is -2.23. The monoisotopic (exact) mass is 336 g/mol. The Hall–Kier alpha value is -1.26. The molecule has 1 unspecified atom stereocenters. The topological polar surface area (TPSA) is 24.9 Å². The van der Waals surface area contributed by atoms with Gasteiger partial charge in [0.2, 0.25) is 0 Å². The van der Waals surface area contributed by atoms with Crippen molar-refractivity contribution in [2.24, 2.45) is 5.92 Å². The summed E-state index contributed by atoms with van der Waals surface area (Å²) in [5.41, 5.74) is 2.23. The van der Waals surface area contributed by atoms with Crippen LogP contribution < -0.4 is 5.32 Å². The fraction of sp³-hybridized carbons (Fsp3) is 0.312. The van der Waals surface area contributed by atoms with Crippen LogP contribution in [0, 0.1) is 11.7 Å². The highest BCUT2D eigenvalue weighted by Gasteiger charge is 2.11. The molecule has 1 heterocycles. The zero-order chi connectivity index (χ0) is 14.4. The lowest BCUT2D eigenvalue weighted by Gasteiger charge is -2.17. The predicted molar refractivity (Wildman–Crippen MR) is 83.2 cm³/mol. The van der Waals surface area contributed by atoms with E-state index in [4.69, 9.17) is 0 Å². The molecule has 0 aliphatic carbocycles. The minimum absolute atomic E-state index is 0.171. The van der Waals surface area contributed by atoms with E-state index in [0.29, 0.717) is 5.92 Å². The van der Waals surface area contributed by atoms with Crippen molar-refractivity contribution >= 4 is 15.9 Å². The third kappa shape index (κ3) is 4.69. The van der Waals surface area contributed by atoms with Gasteiger partial charge in [0, 0.05) is 16.9 Å². The first-order valence-corrected chi connectivity index (χ1v) is 7.45. The van der Waals surface area contributed by atoms with Gasteiger partial charge in [-0.25, -0.2) is 4.39 Å². The Kier molecular flexibility index (Phi) is 5.68. The van der Waals surface area contributed by atoms with E-state index in [1.54, 1.807) is 18.3 Å². The van der Waals surface area contributed by atoms with Crippen LogP contribution in [0.4, 0.5) is 4.39 Å². The van der Waals surface area contributed by atoms with Gasteiger partial charge in [0.25, 0.3) is 0 Å². The van der Waals surface area contributed by atoms with Crippen molar-refractivity contribution in [1.82, 2.24) is 10.3 Å². The van der Waals surface area contributed by atoms with Crippen LogP contribution in [0.5, 0.6) is 0 Å². The van der Waals surface area contributed by atoms with Crippen LogP contribution in [0.3, 0.4) is 0 Å². The minimum Gasteiger partial charge on any atom is -0.319 e. The van der Waals surface area contributed by atoms with Crippen molar-refractivity contribution in [2.45, 2.75) is 12.8 Å². The second-order valence-corrected chi connectivity index (χ2v) is 5.89. The minimum atomic E-state index is -0.171. The Morgan fingerprint density at radius 3 is 2.70 bits per heavy atom. The quantitative estimate of drug-likeness (QED) is 0.871. The number of hydrogen-bond donors (Lipinski definition) is 1. The van der Waals surface area contributed by atoms with Crippen LogP contribution in [0.25, 0.3) is 0 Å². The zero-order valence-corrected chi connectivity index (χ0v) is 13.0. The van der Waals surface area contributed by atoms with Crippen LogP contribution in [-0.4, -0.2) is 18.6 Å². The normalized spacial score (nSPS) is 12.3. The molecule has 0 spiro atoms. The fourth-order valence-corrected chi connectivity index (χ4v) is 2.82. The van der Waals surface area contributed by atoms with Crippen molar-refractivity contribution in [3.05, 3.63) is 64.1 Å². The van der Waals surface area contributed by atoms with Gasteiger partial charge < -0.3 is 5.32 Å². The Labute approximate surface area is 127 Å². The molecule has 0 saturated carbocycles. The number of benzene rings is 1. The molecule has 0 amide bonds. The summed E-state index contributed by atoms with van der Waals surface area (Å²) in [6.45, 7) is 0.892. The molecule has 0 fully saturated rings. The number of halogens is 2. The lowest BCUT2D eigenvalue weighted by atomic mass is 9.93. The average Bonchev–Trinajstić information content (AvgIpc) is 2.39. The molecule has 1 aromatic heterocycles. The summed E-state index contributed by atoms with van der Waals surface area (Å²) in [7, 11) is 1.94. The molecule has 0 aliphatic heterocycles. The third-order valence-corrected chi connectivity index (χ3v) is 3.63. The molecule has 0 bridgehead atoms. The first-order valence-electron chi connectivity index (χ1n) is 6.66. The molecule has 106 valence electrons. The van der Waals surface area contributed by atoms with Gasteiger partial charge in [0.15, 0.2) is 0 Å². The fourth-order valence-electron chi connectivity index (χ4n) is 2.40. The van der Waals surface area contributed by atoms with Gasteiger partial charge in [0.05, 0.1) is 0 Å². The second kappa shape index (κ2) is 7.50. The molecule has 2 rings (SSSR count). The van der Waals surface area contributed by atoms with Crippen LogP contribution in [0.1, 0.15) is 11.1 Å². The number of hydrogen-bond acceptors (Lipinski definition) is 2. The zero-order valence-electron chi connectivity index (χ0n) is 11.4. The molecule has 4 heteroatoms. The number of pyridine rings is 1. The molecule has 0 aliphatic rings. The summed E-state index contributed by atoms with van der Waals surface area (Å²) in [5, 5.41) is 3.21. The van der Waals surface area contributed by atoms with E-state index in [9.17, 15) is 4.39 Å². The van der Waals surface area contributed by atoms with Gasteiger partial charge in [-0.1, -0.05) is 12.1 Å². The summed E-state index contributed by atoms with van der Waals surface area (Å²) in [6.07, 6.45) is 5.44. The number of aromatic nitrogens is 1. The Morgan fingerprint density at radius 2 is 2.00 bits per heavy atom. The number of nitrogens with one attached hydrogen (secondary N) is 1. The second-order valence-electron chi connectivity index (χ2n) is 4.97. The maximum absolute atomic E-state index is 13.3. The molecule has 2 aromatic rings. The van der Waals surface area contributed by atoms with E-state index in [1.807, 2.05) is 19.3 Å². The summed E-state index contributed by atoms with van der Waals surface area (Å²) in [5.74, 6) is 0.243. The summed E-state index contributed by atoms with van der Waals surface area (Å²) >= 11 is 3.44. The van der Waals surface area contributed by atoms with Crippen LogP contribution in [0.15, 0.2) is 47.2 Å². The van der Waals surface area contributed by atoms with Crippen LogP contribution in [0.2, 0.25) is 0 Å². The molecular formula is C16H18BrFN2. The van der Waals surface area contributed by atoms with Gasteiger partial charge in [-0.2, -0.15) is 0 Å². The molecule has 1 N–H and O–H groups in total. The Bertz CT molecular complexity index is 512. The van der Waals surface area contributed by atoms with E-state index < -0.39 is 0 Å². The highest BCUT2D eigenvalue weighted by molar-refractivity contribution is 9.10. The van der Waals surface area contributed by atoms with E-state index in [2.05, 4.69) is 32.3 Å². The largest absolute Gasteiger partial charge is 0.319 e. The number of nitrogens with zero attached hydrogens (tertiary/aromatic N) is 1. The molecule has 2 nitrogen and oxygen atoms in total.